The minimum absolute atomic E-state index is 0. The molecule has 0 N–H and O–H groups in total. The van der Waals surface area contributed by atoms with Crippen LogP contribution in [0.5, 0.6) is 0 Å². The summed E-state index contributed by atoms with van der Waals surface area (Å²) in [5.74, 6) is 0. The Balaban J connectivity index is 0.000000203. The molecular formula is C76H80Cl2P4Ti2-2. The number of hydrogen-bond acceptors (Lipinski definition) is 0. The van der Waals surface area contributed by atoms with E-state index in [2.05, 4.69) is 295 Å². The van der Waals surface area contributed by atoms with Gasteiger partial charge in [0.2, 0.25) is 0 Å². The first-order chi connectivity index (χ1) is 39.5. The van der Waals surface area contributed by atoms with Gasteiger partial charge < -0.3 is 24.8 Å². The van der Waals surface area contributed by atoms with E-state index in [1.807, 2.05) is 0 Å². The molecule has 12 rings (SSSR count). The van der Waals surface area contributed by atoms with E-state index >= 15 is 0 Å². The second kappa shape index (κ2) is 38.3. The smallest absolute Gasteiger partial charge is 1.00 e. The fourth-order valence-corrected chi connectivity index (χ4v) is 20.8. The maximum Gasteiger partial charge on any atom is 2.00 e. The van der Waals surface area contributed by atoms with Gasteiger partial charge in [0.1, 0.15) is 0 Å². The molecule has 12 aromatic carbocycles. The Hall–Kier alpha value is -4.07. The molecule has 8 heteroatoms. The molecule has 0 aromatic heterocycles. The van der Waals surface area contributed by atoms with Crippen LogP contribution >= 0.6 is 31.7 Å². The van der Waals surface area contributed by atoms with E-state index in [4.69, 9.17) is 0 Å². The molecule has 0 fully saturated rings. The van der Waals surface area contributed by atoms with Gasteiger partial charge in [0.25, 0.3) is 0 Å². The van der Waals surface area contributed by atoms with E-state index in [0.29, 0.717) is 0 Å². The molecule has 0 aliphatic rings. The molecule has 428 valence electrons. The van der Waals surface area contributed by atoms with E-state index < -0.39 is 15.8 Å². The molecule has 0 nitrogen and oxygen atoms in total. The topological polar surface area (TPSA) is 0 Å². The summed E-state index contributed by atoms with van der Waals surface area (Å²) in [7, 11) is -0.814. The molecule has 0 aliphatic carbocycles. The minimum Gasteiger partial charge on any atom is -1.00 e. The zero-order valence-electron chi connectivity index (χ0n) is 49.4. The predicted molar refractivity (Wildman–Crippen MR) is 368 cm³/mol. The van der Waals surface area contributed by atoms with Crippen LogP contribution in [-0.2, 0) is 43.4 Å². The van der Waals surface area contributed by atoms with Crippen LogP contribution in [0.4, 0.5) is 0 Å². The van der Waals surface area contributed by atoms with Crippen molar-refractivity contribution in [2.24, 2.45) is 0 Å². The summed E-state index contributed by atoms with van der Waals surface area (Å²) < 4.78 is 0. The van der Waals surface area contributed by atoms with Crippen LogP contribution in [0.25, 0.3) is 43.1 Å². The Kier molecular flexibility index (Phi) is 32.2. The summed E-state index contributed by atoms with van der Waals surface area (Å²) in [4.78, 5) is 0. The molecule has 0 atom stereocenters. The van der Waals surface area contributed by atoms with Crippen LogP contribution < -0.4 is 67.3 Å². The van der Waals surface area contributed by atoms with E-state index in [1.54, 1.807) is 10.6 Å². The molecule has 12 aromatic rings. The first-order valence-corrected chi connectivity index (χ1v) is 35.6. The number of fused-ring (bicyclic) bond motifs is 4. The Morgan fingerprint density at radius 2 is 0.464 bits per heavy atom. The SMILES string of the molecule is CCCCP(CCCC)c1cc2ccccc2[cH-]1.CCCCP(CCCC)c1cc2ccccc2[cH-]1.[Cl-].[Cl-].[Ti+2].[Ti+2].c1ccc(P(c2ccccc2)c2cc3ccccc3[cH-]2)cc1.c1ccc(P(c2ccccc2)c2cc3ccccc3[cH-]2)cc1. The number of rotatable bonds is 20. The van der Waals surface area contributed by atoms with Crippen molar-refractivity contribution < 1.29 is 68.2 Å². The Labute approximate surface area is 551 Å². The molecule has 0 radical (unpaired) electrons. The molecule has 0 saturated heterocycles. The summed E-state index contributed by atoms with van der Waals surface area (Å²) in [6, 6.07) is 97.3. The average Bonchev–Trinajstić information content (AvgIpc) is 4.47. The number of unbranched alkanes of at least 4 members (excludes halogenated alkanes) is 4. The molecule has 0 saturated carbocycles. The first-order valence-electron chi connectivity index (χ1n) is 29.5. The van der Waals surface area contributed by atoms with Crippen LogP contribution in [0.15, 0.2) is 267 Å². The van der Waals surface area contributed by atoms with E-state index in [0.717, 1.165) is 0 Å². The van der Waals surface area contributed by atoms with Gasteiger partial charge in [-0.3, -0.25) is 0 Å². The number of hydrogen-bond donors (Lipinski definition) is 0. The van der Waals surface area contributed by atoms with Crippen LogP contribution in [-0.4, -0.2) is 24.6 Å². The monoisotopic (exact) mass is 1280 g/mol. The predicted octanol–water partition coefficient (Wildman–Crippen LogP) is 13.2. The maximum absolute atomic E-state index is 2.44. The van der Waals surface area contributed by atoms with E-state index in [-0.39, 0.29) is 84.1 Å². The molecule has 84 heavy (non-hydrogen) atoms. The summed E-state index contributed by atoms with van der Waals surface area (Å²) in [6.07, 6.45) is 16.5. The van der Waals surface area contributed by atoms with E-state index in [9.17, 15) is 0 Å². The number of halogens is 2. The van der Waals surface area contributed by atoms with Gasteiger partial charge in [0.05, 0.1) is 0 Å². The average molecular weight is 1280 g/mol. The fraction of sp³-hybridized carbons (Fsp3) is 0.211. The van der Waals surface area contributed by atoms with Gasteiger partial charge in [0, 0.05) is 0 Å². The van der Waals surface area contributed by atoms with Crippen molar-refractivity contribution in [3.05, 3.63) is 267 Å². The van der Waals surface area contributed by atoms with Crippen molar-refractivity contribution in [2.75, 3.05) is 24.6 Å². The van der Waals surface area contributed by atoms with Gasteiger partial charge in [-0.2, -0.15) is 24.3 Å². The molecule has 0 amide bonds. The van der Waals surface area contributed by atoms with Crippen molar-refractivity contribution in [3.8, 4) is 0 Å². The summed E-state index contributed by atoms with van der Waals surface area (Å²) in [5.41, 5.74) is 0. The quantitative estimate of drug-likeness (QED) is 0.0405. The third kappa shape index (κ3) is 20.0. The second-order valence-corrected chi connectivity index (χ2v) is 30.2. The van der Waals surface area contributed by atoms with Gasteiger partial charge in [-0.25, -0.2) is 0 Å². The van der Waals surface area contributed by atoms with Crippen LogP contribution in [0.2, 0.25) is 0 Å². The first kappa shape index (κ1) is 70.7. The number of benzene rings is 8. The van der Waals surface area contributed by atoms with Crippen molar-refractivity contribution in [1.82, 2.24) is 0 Å². The Bertz CT molecular complexity index is 3190. The van der Waals surface area contributed by atoms with Crippen molar-refractivity contribution in [3.63, 3.8) is 0 Å². The standard InChI is InChI=1S/2C21H16P.2C17H24P.2ClH.2Ti/c2*1-3-11-19(12-4-1)22(20-13-5-2-6-14-20)21-15-17-9-7-8-10-18(17)16-21;2*1-3-5-11-18(12-6-4-2)17-13-15-9-7-8-10-16(15)14-17;;;;/h2*1-16H;2*7-10,13-14H,3-6,11-12H2,1-2H3;2*1H;;/q4*-1;;;2*+2/p-2. The second-order valence-electron chi connectivity index (χ2n) is 20.8. The van der Waals surface area contributed by atoms with Crippen LogP contribution in [0.3, 0.4) is 0 Å². The van der Waals surface area contributed by atoms with Crippen molar-refractivity contribution >= 4 is 117 Å². The summed E-state index contributed by atoms with van der Waals surface area (Å²) >= 11 is 0. The molecule has 0 bridgehead atoms. The molecule has 0 heterocycles. The Morgan fingerprint density at radius 3 is 0.690 bits per heavy atom. The maximum atomic E-state index is 2.44. The third-order valence-electron chi connectivity index (χ3n) is 14.8. The normalized spacial score (nSPS) is 10.8. The summed E-state index contributed by atoms with van der Waals surface area (Å²) in [6.45, 7) is 9.20. The minimum atomic E-state index is -0.493. The van der Waals surface area contributed by atoms with Gasteiger partial charge in [-0.1, -0.05) is 215 Å². The zero-order valence-corrected chi connectivity index (χ0v) is 57.6. The molecular weight excluding hydrogens is 1200 g/mol. The Morgan fingerprint density at radius 1 is 0.262 bits per heavy atom. The van der Waals surface area contributed by atoms with Gasteiger partial charge in [-0.15, -0.1) is 161 Å². The van der Waals surface area contributed by atoms with Gasteiger partial charge >= 0.3 is 43.4 Å². The van der Waals surface area contributed by atoms with E-state index in [1.165, 1.54) is 151 Å². The zero-order chi connectivity index (χ0) is 55.1. The van der Waals surface area contributed by atoms with Crippen molar-refractivity contribution in [1.29, 1.82) is 0 Å². The van der Waals surface area contributed by atoms with Gasteiger partial charge in [-0.05, 0) is 87.4 Å². The van der Waals surface area contributed by atoms with Crippen LogP contribution in [0, 0.1) is 0 Å². The molecule has 0 unspecified atom stereocenters. The summed E-state index contributed by atoms with van der Waals surface area (Å²) in [5, 5.41) is 22.7. The van der Waals surface area contributed by atoms with Gasteiger partial charge in [0.15, 0.2) is 0 Å². The fourth-order valence-electron chi connectivity index (χ4n) is 10.5. The molecule has 0 aliphatic heterocycles. The van der Waals surface area contributed by atoms with Crippen molar-refractivity contribution in [2.45, 2.75) is 79.1 Å². The largest absolute Gasteiger partial charge is 2.00 e. The molecule has 0 spiro atoms. The third-order valence-corrected chi connectivity index (χ3v) is 25.1. The van der Waals surface area contributed by atoms with Crippen LogP contribution in [0.1, 0.15) is 79.1 Å².